The maximum Gasteiger partial charge on any atom is 0.322 e. The molecule has 1 N–H and O–H groups in total. The van der Waals surface area contributed by atoms with E-state index in [1.165, 1.54) is 7.11 Å². The molecule has 98 valence electrons. The molecular weight excluding hydrogens is 300 g/mol. The summed E-state index contributed by atoms with van der Waals surface area (Å²) in [4.78, 5) is 15.5. The number of rotatable bonds is 4. The average Bonchev–Trinajstić information content (AvgIpc) is 2.84. The van der Waals surface area contributed by atoms with Gasteiger partial charge in [0.25, 0.3) is 0 Å². The predicted octanol–water partition coefficient (Wildman–Crippen LogP) is 1.37. The lowest BCUT2D eigenvalue weighted by atomic mass is 10.1. The Morgan fingerprint density at radius 2 is 2.44 bits per heavy atom. The van der Waals surface area contributed by atoms with Gasteiger partial charge in [-0.25, -0.2) is 4.98 Å². The third-order valence-corrected chi connectivity index (χ3v) is 3.31. The van der Waals surface area contributed by atoms with Gasteiger partial charge in [0.05, 0.1) is 13.7 Å². The quantitative estimate of drug-likeness (QED) is 0.672. The number of pyridine rings is 1. The molecule has 0 saturated carbocycles. The van der Waals surface area contributed by atoms with E-state index < -0.39 is 0 Å². The van der Waals surface area contributed by atoms with Crippen molar-refractivity contribution in [2.45, 2.75) is 12.5 Å². The Morgan fingerprint density at radius 1 is 1.61 bits per heavy atom. The van der Waals surface area contributed by atoms with E-state index in [0.29, 0.717) is 18.4 Å². The number of hydrogen-bond acceptors (Lipinski definition) is 5. The van der Waals surface area contributed by atoms with E-state index in [0.717, 1.165) is 17.6 Å². The van der Waals surface area contributed by atoms with Crippen LogP contribution in [0.5, 0.6) is 5.88 Å². The minimum atomic E-state index is -0.210. The summed E-state index contributed by atoms with van der Waals surface area (Å²) in [6.07, 6.45) is 0.737. The Bertz CT molecular complexity index is 428. The predicted molar refractivity (Wildman–Crippen MR) is 69.3 cm³/mol. The van der Waals surface area contributed by atoms with Crippen molar-refractivity contribution in [3.05, 3.63) is 22.8 Å². The highest BCUT2D eigenvalue weighted by Crippen LogP contribution is 2.18. The number of nitrogens with one attached hydrogen (secondary N) is 1. The van der Waals surface area contributed by atoms with Gasteiger partial charge in [0.15, 0.2) is 0 Å². The zero-order chi connectivity index (χ0) is 13.0. The van der Waals surface area contributed by atoms with Gasteiger partial charge in [-0.2, -0.15) is 0 Å². The fourth-order valence-corrected chi connectivity index (χ4v) is 2.26. The van der Waals surface area contributed by atoms with Gasteiger partial charge >= 0.3 is 5.97 Å². The van der Waals surface area contributed by atoms with Crippen molar-refractivity contribution in [1.82, 2.24) is 10.3 Å². The molecule has 0 bridgehead atoms. The Labute approximate surface area is 114 Å². The zero-order valence-electron chi connectivity index (χ0n) is 10.1. The van der Waals surface area contributed by atoms with E-state index in [2.05, 4.69) is 26.2 Å². The minimum Gasteiger partial charge on any atom is -0.477 e. The number of halogens is 1. The summed E-state index contributed by atoms with van der Waals surface area (Å²) in [6, 6.07) is 5.32. The van der Waals surface area contributed by atoms with Gasteiger partial charge in [-0.3, -0.25) is 4.79 Å². The first kappa shape index (κ1) is 13.3. The monoisotopic (exact) mass is 314 g/mol. The molecule has 0 amide bonds. The van der Waals surface area contributed by atoms with Gasteiger partial charge in [0.1, 0.15) is 10.6 Å². The molecule has 0 radical (unpaired) electrons. The second-order valence-electron chi connectivity index (χ2n) is 4.20. The summed E-state index contributed by atoms with van der Waals surface area (Å²) in [5.74, 6) is 0.679. The van der Waals surface area contributed by atoms with Crippen molar-refractivity contribution >= 4 is 21.9 Å². The molecule has 2 atom stereocenters. The Hall–Kier alpha value is -1.14. The number of methoxy groups -OCH3 is 1. The van der Waals surface area contributed by atoms with Gasteiger partial charge in [-0.15, -0.1) is 0 Å². The molecule has 1 fully saturated rings. The molecule has 2 heterocycles. The Morgan fingerprint density at radius 3 is 3.17 bits per heavy atom. The van der Waals surface area contributed by atoms with Crippen LogP contribution in [0.3, 0.4) is 0 Å². The first-order chi connectivity index (χ1) is 8.69. The van der Waals surface area contributed by atoms with Crippen LogP contribution < -0.4 is 10.1 Å². The fraction of sp³-hybridized carbons (Fsp3) is 0.500. The van der Waals surface area contributed by atoms with E-state index in [1.54, 1.807) is 0 Å². The highest BCUT2D eigenvalue weighted by Gasteiger charge is 2.30. The summed E-state index contributed by atoms with van der Waals surface area (Å²) in [5.41, 5.74) is 0. The van der Waals surface area contributed by atoms with Crippen molar-refractivity contribution in [3.8, 4) is 5.88 Å². The summed E-state index contributed by atoms with van der Waals surface area (Å²) in [6.45, 7) is 1.30. The summed E-state index contributed by atoms with van der Waals surface area (Å²) in [7, 11) is 1.40. The highest BCUT2D eigenvalue weighted by molar-refractivity contribution is 9.10. The molecule has 2 unspecified atom stereocenters. The van der Waals surface area contributed by atoms with E-state index in [1.807, 2.05) is 18.2 Å². The van der Waals surface area contributed by atoms with Gasteiger partial charge < -0.3 is 14.8 Å². The molecule has 1 aliphatic rings. The van der Waals surface area contributed by atoms with Crippen molar-refractivity contribution in [2.24, 2.45) is 5.92 Å². The van der Waals surface area contributed by atoms with E-state index >= 15 is 0 Å². The molecule has 5 nitrogen and oxygen atoms in total. The fourth-order valence-electron chi connectivity index (χ4n) is 1.93. The summed E-state index contributed by atoms with van der Waals surface area (Å²) >= 11 is 3.29. The molecule has 6 heteroatoms. The van der Waals surface area contributed by atoms with Crippen LogP contribution in [0.25, 0.3) is 0 Å². The van der Waals surface area contributed by atoms with Crippen molar-refractivity contribution in [2.75, 3.05) is 20.3 Å². The Balaban J connectivity index is 1.80. The van der Waals surface area contributed by atoms with Crippen LogP contribution in [0.1, 0.15) is 6.42 Å². The van der Waals surface area contributed by atoms with E-state index in [9.17, 15) is 4.79 Å². The second kappa shape index (κ2) is 6.15. The van der Waals surface area contributed by atoms with E-state index in [-0.39, 0.29) is 12.0 Å². The van der Waals surface area contributed by atoms with Crippen molar-refractivity contribution in [3.63, 3.8) is 0 Å². The topological polar surface area (TPSA) is 60.5 Å². The number of ether oxygens (including phenoxy) is 2. The van der Waals surface area contributed by atoms with Gasteiger partial charge in [0, 0.05) is 18.5 Å². The maximum atomic E-state index is 11.3. The van der Waals surface area contributed by atoms with Gasteiger partial charge in [-0.05, 0) is 28.4 Å². The molecule has 0 aliphatic carbocycles. The third-order valence-electron chi connectivity index (χ3n) is 2.86. The highest BCUT2D eigenvalue weighted by atomic mass is 79.9. The van der Waals surface area contributed by atoms with Crippen LogP contribution in [0.2, 0.25) is 0 Å². The summed E-state index contributed by atoms with van der Waals surface area (Å²) < 4.78 is 11.0. The third kappa shape index (κ3) is 3.43. The molecule has 2 rings (SSSR count). The van der Waals surface area contributed by atoms with Crippen LogP contribution in [0.15, 0.2) is 22.8 Å². The Kier molecular flexibility index (Phi) is 4.54. The molecule has 0 spiro atoms. The van der Waals surface area contributed by atoms with Crippen LogP contribution in [-0.2, 0) is 9.53 Å². The molecule has 1 aromatic heterocycles. The van der Waals surface area contributed by atoms with Crippen LogP contribution in [-0.4, -0.2) is 37.3 Å². The molecule has 0 aromatic carbocycles. The van der Waals surface area contributed by atoms with Crippen LogP contribution in [0, 0.1) is 5.92 Å². The smallest absolute Gasteiger partial charge is 0.322 e. The first-order valence-electron chi connectivity index (χ1n) is 5.75. The molecule has 1 aromatic rings. The zero-order valence-corrected chi connectivity index (χ0v) is 11.6. The van der Waals surface area contributed by atoms with Crippen LogP contribution >= 0.6 is 15.9 Å². The van der Waals surface area contributed by atoms with Crippen LogP contribution in [0.4, 0.5) is 0 Å². The van der Waals surface area contributed by atoms with Gasteiger partial charge in [-0.1, -0.05) is 6.07 Å². The number of esters is 1. The van der Waals surface area contributed by atoms with Crippen molar-refractivity contribution < 1.29 is 14.3 Å². The molecule has 1 aliphatic heterocycles. The molecule has 18 heavy (non-hydrogen) atoms. The number of carbonyl (C=O) groups is 1. The van der Waals surface area contributed by atoms with Crippen molar-refractivity contribution in [1.29, 1.82) is 0 Å². The second-order valence-corrected chi connectivity index (χ2v) is 5.01. The number of nitrogens with zero attached hydrogens (tertiary/aromatic N) is 1. The lowest BCUT2D eigenvalue weighted by Crippen LogP contribution is -2.31. The lowest BCUT2D eigenvalue weighted by molar-refractivity contribution is -0.142. The average molecular weight is 315 g/mol. The number of carbonyl (C=O) groups excluding carboxylic acids is 1. The standard InChI is InChI=1S/C12H15BrN2O3/c1-17-12(16)9-5-8(6-14-9)7-18-11-4-2-3-10(13)15-11/h2-4,8-9,14H,5-7H2,1H3. The number of aromatic nitrogens is 1. The maximum absolute atomic E-state index is 11.3. The van der Waals surface area contributed by atoms with Gasteiger partial charge in [0.2, 0.25) is 5.88 Å². The number of hydrogen-bond donors (Lipinski definition) is 1. The SMILES string of the molecule is COC(=O)C1CC(COc2cccc(Br)n2)CN1. The molecule has 1 saturated heterocycles. The molecular formula is C12H15BrN2O3. The lowest BCUT2D eigenvalue weighted by Gasteiger charge is -2.10. The van der Waals surface area contributed by atoms with E-state index in [4.69, 9.17) is 9.47 Å². The normalized spacial score (nSPS) is 22.8. The largest absolute Gasteiger partial charge is 0.477 e. The summed E-state index contributed by atoms with van der Waals surface area (Å²) in [5, 5.41) is 3.12. The first-order valence-corrected chi connectivity index (χ1v) is 6.55. The minimum absolute atomic E-state index is 0.209.